The van der Waals surface area contributed by atoms with Gasteiger partial charge in [-0.1, -0.05) is 17.7 Å². The van der Waals surface area contributed by atoms with E-state index in [0.29, 0.717) is 16.5 Å². The van der Waals surface area contributed by atoms with Gasteiger partial charge in [-0.2, -0.15) is 0 Å². The first-order valence-electron chi connectivity index (χ1n) is 10.4. The van der Waals surface area contributed by atoms with Gasteiger partial charge < -0.3 is 19.1 Å². The molecule has 0 spiro atoms. The van der Waals surface area contributed by atoms with Crippen molar-refractivity contribution in [1.29, 1.82) is 0 Å². The van der Waals surface area contributed by atoms with Gasteiger partial charge in [0.15, 0.2) is 0 Å². The summed E-state index contributed by atoms with van der Waals surface area (Å²) in [7, 11) is 1.49. The second-order valence-electron chi connectivity index (χ2n) is 7.50. The number of allylic oxidation sites excluding steroid dienone is 1. The molecular formula is C22H24ClN6O3S-. The van der Waals surface area contributed by atoms with Gasteiger partial charge in [0.1, 0.15) is 12.1 Å². The Morgan fingerprint density at radius 3 is 2.70 bits per heavy atom. The van der Waals surface area contributed by atoms with Crippen LogP contribution in [0.25, 0.3) is 22.0 Å². The lowest BCUT2D eigenvalue weighted by molar-refractivity contribution is 0.348. The van der Waals surface area contributed by atoms with Crippen molar-refractivity contribution < 1.29 is 13.5 Å². The Morgan fingerprint density at radius 1 is 1.21 bits per heavy atom. The third-order valence-electron chi connectivity index (χ3n) is 5.49. The number of methoxy groups -OCH3 is 1. The van der Waals surface area contributed by atoms with Crippen LogP contribution >= 0.6 is 11.6 Å². The first-order chi connectivity index (χ1) is 16.0. The van der Waals surface area contributed by atoms with Crippen LogP contribution in [-0.4, -0.2) is 61.9 Å². The van der Waals surface area contributed by atoms with E-state index in [2.05, 4.69) is 35.7 Å². The molecule has 3 heterocycles. The molecule has 2 aromatic heterocycles. The molecule has 1 fully saturated rings. The Bertz CT molecular complexity index is 1200. The van der Waals surface area contributed by atoms with Crippen LogP contribution in [-0.2, 0) is 17.8 Å². The molecule has 9 nitrogen and oxygen atoms in total. The van der Waals surface area contributed by atoms with E-state index in [-0.39, 0.29) is 6.54 Å². The number of benzene rings is 1. The number of rotatable bonds is 7. The summed E-state index contributed by atoms with van der Waals surface area (Å²) in [5, 5.41) is 1.41. The van der Waals surface area contributed by atoms with Crippen molar-refractivity contribution in [1.82, 2.24) is 24.6 Å². The monoisotopic (exact) mass is 487 g/mol. The number of anilines is 1. The maximum Gasteiger partial charge on any atom is 0.217 e. The zero-order chi connectivity index (χ0) is 23.4. The van der Waals surface area contributed by atoms with Crippen LogP contribution in [0.2, 0.25) is 5.02 Å². The van der Waals surface area contributed by atoms with E-state index in [0.717, 1.165) is 54.0 Å². The lowest BCUT2D eigenvalue weighted by Crippen LogP contribution is -2.44. The van der Waals surface area contributed by atoms with Gasteiger partial charge in [0.25, 0.3) is 0 Å². The number of aromatic nitrogens is 3. The van der Waals surface area contributed by atoms with Crippen molar-refractivity contribution in [2.45, 2.75) is 13.5 Å². The van der Waals surface area contributed by atoms with Crippen molar-refractivity contribution in [3.8, 4) is 17.0 Å². The molecule has 4 rings (SSSR count). The maximum atomic E-state index is 11.0. The smallest absolute Gasteiger partial charge is 0.217 e. The van der Waals surface area contributed by atoms with Crippen molar-refractivity contribution in [2.24, 2.45) is 0 Å². The lowest BCUT2D eigenvalue weighted by atomic mass is 10.0. The number of piperazine rings is 1. The highest BCUT2D eigenvalue weighted by molar-refractivity contribution is 7.77. The summed E-state index contributed by atoms with van der Waals surface area (Å²) < 4.78 is 29.5. The number of ether oxygens (including phenoxy) is 1. The number of nitrogens with zero attached hydrogens (tertiary/aromatic N) is 5. The number of hydrogen-bond acceptors (Lipinski definition) is 8. The Hall–Kier alpha value is -2.79. The van der Waals surface area contributed by atoms with Gasteiger partial charge in [-0.15, -0.1) is 0 Å². The molecule has 1 aliphatic heterocycles. The maximum absolute atomic E-state index is 11.0. The summed E-state index contributed by atoms with van der Waals surface area (Å²) in [6, 6.07) is 5.61. The van der Waals surface area contributed by atoms with Crippen LogP contribution < -0.4 is 14.4 Å². The lowest BCUT2D eigenvalue weighted by Gasteiger charge is -2.35. The van der Waals surface area contributed by atoms with E-state index in [4.69, 9.17) is 16.3 Å². The fraction of sp³-hybridized carbons (Fsp3) is 0.318. The van der Waals surface area contributed by atoms with Crippen LogP contribution in [0.4, 0.5) is 5.82 Å². The minimum atomic E-state index is -2.40. The first kappa shape index (κ1) is 23.4. The fourth-order valence-electron chi connectivity index (χ4n) is 3.92. The molecule has 1 unspecified atom stereocenters. The largest absolute Gasteiger partial charge is 0.760 e. The molecule has 1 aromatic carbocycles. The highest BCUT2D eigenvalue weighted by Gasteiger charge is 2.20. The van der Waals surface area contributed by atoms with E-state index in [1.54, 1.807) is 12.5 Å². The Balaban J connectivity index is 1.72. The summed E-state index contributed by atoms with van der Waals surface area (Å²) in [6.07, 6.45) is 7.38. The van der Waals surface area contributed by atoms with E-state index in [1.807, 2.05) is 31.2 Å². The molecule has 0 saturated carbocycles. The molecule has 1 N–H and O–H groups in total. The van der Waals surface area contributed by atoms with E-state index >= 15 is 0 Å². The summed E-state index contributed by atoms with van der Waals surface area (Å²) in [5.41, 5.74) is 2.85. The molecular weight excluding hydrogens is 464 g/mol. The SMILES string of the molecule is CC=CN1CCN(c2ncnc3cc(Cl)c(-c4cnc(OC)c(CNS(=O)[O-])c4)cc23)CC1. The Kier molecular flexibility index (Phi) is 7.39. The minimum Gasteiger partial charge on any atom is -0.760 e. The second-order valence-corrected chi connectivity index (χ2v) is 8.67. The van der Waals surface area contributed by atoms with Crippen molar-refractivity contribution in [3.05, 3.63) is 53.6 Å². The zero-order valence-corrected chi connectivity index (χ0v) is 19.9. The second kappa shape index (κ2) is 10.4. The van der Waals surface area contributed by atoms with Gasteiger partial charge in [-0.25, -0.2) is 19.7 Å². The summed E-state index contributed by atoms with van der Waals surface area (Å²) in [4.78, 5) is 17.9. The predicted octanol–water partition coefficient (Wildman–Crippen LogP) is 2.89. The molecule has 1 atom stereocenters. The van der Waals surface area contributed by atoms with Gasteiger partial charge in [0.05, 0.1) is 17.6 Å². The predicted molar refractivity (Wildman–Crippen MR) is 129 cm³/mol. The highest BCUT2D eigenvalue weighted by atomic mass is 35.5. The van der Waals surface area contributed by atoms with Crippen molar-refractivity contribution in [2.75, 3.05) is 38.2 Å². The molecule has 3 aromatic rings. The number of halogens is 1. The molecule has 1 saturated heterocycles. The van der Waals surface area contributed by atoms with Gasteiger partial charge in [0, 0.05) is 72.3 Å². The first-order valence-corrected chi connectivity index (χ1v) is 11.9. The molecule has 33 heavy (non-hydrogen) atoms. The topological polar surface area (TPSA) is 107 Å². The number of pyridine rings is 1. The number of fused-ring (bicyclic) bond motifs is 1. The number of hydrogen-bond donors (Lipinski definition) is 1. The van der Waals surface area contributed by atoms with Crippen molar-refractivity contribution >= 4 is 39.6 Å². The van der Waals surface area contributed by atoms with Crippen LogP contribution in [0.5, 0.6) is 5.88 Å². The van der Waals surface area contributed by atoms with Crippen LogP contribution in [0, 0.1) is 0 Å². The minimum absolute atomic E-state index is 0.0518. The molecule has 0 bridgehead atoms. The highest BCUT2D eigenvalue weighted by Crippen LogP contribution is 2.35. The summed E-state index contributed by atoms with van der Waals surface area (Å²) in [6.45, 7) is 5.59. The van der Waals surface area contributed by atoms with Crippen molar-refractivity contribution in [3.63, 3.8) is 0 Å². The van der Waals surface area contributed by atoms with E-state index < -0.39 is 11.3 Å². The molecule has 174 valence electrons. The van der Waals surface area contributed by atoms with Crippen LogP contribution in [0.15, 0.2) is 43.0 Å². The standard InChI is InChI=1S/C22H25ClN6O3S/c1-3-4-28-5-7-29(8-6-28)21-18-10-17(19(23)11-20(18)25-14-26-21)15-9-16(13-27-33(30)31)22(32-2)24-12-15/h3-4,9-12,14,27H,5-8,13H2,1-2H3,(H,30,31)/p-1. The fourth-order valence-corrected chi connectivity index (χ4v) is 4.46. The summed E-state index contributed by atoms with van der Waals surface area (Å²) >= 11 is 4.22. The zero-order valence-electron chi connectivity index (χ0n) is 18.3. The van der Waals surface area contributed by atoms with Gasteiger partial charge in [-0.3, -0.25) is 4.21 Å². The average molecular weight is 488 g/mol. The van der Waals surface area contributed by atoms with E-state index in [9.17, 15) is 8.76 Å². The van der Waals surface area contributed by atoms with Gasteiger partial charge in [0.2, 0.25) is 5.88 Å². The Labute approximate surface area is 199 Å². The quantitative estimate of drug-likeness (QED) is 0.507. The molecule has 11 heteroatoms. The average Bonchev–Trinajstić information content (AvgIpc) is 2.82. The number of nitrogens with one attached hydrogen (secondary N) is 1. The van der Waals surface area contributed by atoms with Gasteiger partial charge >= 0.3 is 0 Å². The molecule has 0 aliphatic carbocycles. The summed E-state index contributed by atoms with van der Waals surface area (Å²) in [5.74, 6) is 1.21. The van der Waals surface area contributed by atoms with Crippen LogP contribution in [0.1, 0.15) is 12.5 Å². The third-order valence-corrected chi connectivity index (χ3v) is 6.18. The Morgan fingerprint density at radius 2 is 2.00 bits per heavy atom. The molecule has 0 amide bonds. The van der Waals surface area contributed by atoms with Gasteiger partial charge in [-0.05, 0) is 31.3 Å². The van der Waals surface area contributed by atoms with E-state index in [1.165, 1.54) is 7.11 Å². The molecule has 1 aliphatic rings. The van der Waals surface area contributed by atoms with Crippen LogP contribution in [0.3, 0.4) is 0 Å². The normalized spacial score (nSPS) is 15.4. The molecule has 0 radical (unpaired) electrons. The third kappa shape index (κ3) is 5.25.